The minimum atomic E-state index is -0.946. The fourth-order valence-corrected chi connectivity index (χ4v) is 2.78. The van der Waals surface area contributed by atoms with Gasteiger partial charge in [-0.25, -0.2) is 18.2 Å². The number of amides is 1. The summed E-state index contributed by atoms with van der Waals surface area (Å²) in [6, 6.07) is 9.00. The van der Waals surface area contributed by atoms with Crippen LogP contribution in [0.5, 0.6) is 0 Å². The van der Waals surface area contributed by atoms with Crippen LogP contribution in [-0.4, -0.2) is 22.8 Å². The van der Waals surface area contributed by atoms with Gasteiger partial charge >= 0.3 is 0 Å². The Morgan fingerprint density at radius 1 is 1.11 bits per heavy atom. The summed E-state index contributed by atoms with van der Waals surface area (Å²) in [5.41, 5.74) is 1.19. The van der Waals surface area contributed by atoms with E-state index in [1.54, 1.807) is 26.1 Å². The second kappa shape index (κ2) is 8.29. The maximum atomic E-state index is 13.4. The normalized spacial score (nSPS) is 12.0. The highest BCUT2D eigenvalue weighted by Gasteiger charge is 2.19. The van der Waals surface area contributed by atoms with Gasteiger partial charge in [0.25, 0.3) is 0 Å². The number of aryl methyl sites for hydroxylation is 1. The third kappa shape index (κ3) is 4.42. The first-order valence-electron chi connectivity index (χ1n) is 8.76. The Morgan fingerprint density at radius 3 is 2.50 bits per heavy atom. The molecule has 1 unspecified atom stereocenters. The molecule has 28 heavy (non-hydrogen) atoms. The zero-order chi connectivity index (χ0) is 20.3. The van der Waals surface area contributed by atoms with E-state index in [1.165, 1.54) is 29.3 Å². The summed E-state index contributed by atoms with van der Waals surface area (Å²) in [5, 5.41) is 0. The summed E-state index contributed by atoms with van der Waals surface area (Å²) in [7, 11) is 1.60. The molecule has 1 aromatic heterocycles. The van der Waals surface area contributed by atoms with Crippen LogP contribution < -0.4 is 0 Å². The molecule has 3 aromatic rings. The minimum Gasteiger partial charge on any atom is -0.441 e. The Bertz CT molecular complexity index is 970. The van der Waals surface area contributed by atoms with Gasteiger partial charge in [-0.15, -0.1) is 0 Å². The van der Waals surface area contributed by atoms with E-state index in [1.807, 2.05) is 0 Å². The summed E-state index contributed by atoms with van der Waals surface area (Å²) in [6.07, 6.45) is 1.96. The highest BCUT2D eigenvalue weighted by molar-refractivity contribution is 5.76. The lowest BCUT2D eigenvalue weighted by atomic mass is 10.1. The summed E-state index contributed by atoms with van der Waals surface area (Å²) >= 11 is 0. The molecule has 2 aromatic carbocycles. The standard InChI is InChI=1S/C21H19F3N2O2/c1-13(15-5-8-17(23)18(24)11-15)26(2)21(27)10-9-20-25-12-19(28-20)14-3-6-16(22)7-4-14/h3-8,11-13H,9-10H2,1-2H3. The van der Waals surface area contributed by atoms with E-state index in [0.717, 1.165) is 12.1 Å². The quantitative estimate of drug-likeness (QED) is 0.603. The van der Waals surface area contributed by atoms with Crippen LogP contribution in [-0.2, 0) is 11.2 Å². The maximum absolute atomic E-state index is 13.4. The molecule has 0 aliphatic carbocycles. The van der Waals surface area contributed by atoms with Gasteiger partial charge < -0.3 is 9.32 Å². The Hall–Kier alpha value is -3.09. The third-order valence-electron chi connectivity index (χ3n) is 4.64. The predicted octanol–water partition coefficient (Wildman–Crippen LogP) is 4.91. The van der Waals surface area contributed by atoms with Crippen molar-refractivity contribution in [1.82, 2.24) is 9.88 Å². The van der Waals surface area contributed by atoms with E-state index in [9.17, 15) is 18.0 Å². The highest BCUT2D eigenvalue weighted by atomic mass is 19.2. The Kier molecular flexibility index (Phi) is 5.82. The van der Waals surface area contributed by atoms with Crippen LogP contribution in [0.1, 0.15) is 30.8 Å². The number of halogens is 3. The second-order valence-electron chi connectivity index (χ2n) is 6.48. The molecule has 0 saturated heterocycles. The molecule has 1 amide bonds. The lowest BCUT2D eigenvalue weighted by molar-refractivity contribution is -0.131. The number of hydrogen-bond donors (Lipinski definition) is 0. The Balaban J connectivity index is 1.60. The van der Waals surface area contributed by atoms with Gasteiger partial charge in [-0.2, -0.15) is 0 Å². The van der Waals surface area contributed by atoms with Crippen molar-refractivity contribution in [3.8, 4) is 11.3 Å². The molecular formula is C21H19F3N2O2. The number of rotatable bonds is 6. The van der Waals surface area contributed by atoms with Gasteiger partial charge in [0.1, 0.15) is 5.82 Å². The van der Waals surface area contributed by atoms with Gasteiger partial charge in [-0.05, 0) is 48.9 Å². The van der Waals surface area contributed by atoms with Gasteiger partial charge in [-0.1, -0.05) is 6.07 Å². The average Bonchev–Trinajstić information content (AvgIpc) is 3.16. The fourth-order valence-electron chi connectivity index (χ4n) is 2.78. The number of carbonyl (C=O) groups excluding carboxylic acids is 1. The smallest absolute Gasteiger partial charge is 0.223 e. The van der Waals surface area contributed by atoms with E-state index in [4.69, 9.17) is 4.42 Å². The number of carbonyl (C=O) groups is 1. The molecule has 7 heteroatoms. The van der Waals surface area contributed by atoms with Crippen LogP contribution in [0.3, 0.4) is 0 Å². The van der Waals surface area contributed by atoms with E-state index in [0.29, 0.717) is 22.8 Å². The molecule has 1 atom stereocenters. The number of benzene rings is 2. The molecule has 0 radical (unpaired) electrons. The summed E-state index contributed by atoms with van der Waals surface area (Å²) in [6.45, 7) is 1.74. The molecule has 0 aliphatic rings. The lowest BCUT2D eigenvalue weighted by Crippen LogP contribution is -2.30. The van der Waals surface area contributed by atoms with Crippen molar-refractivity contribution in [2.24, 2.45) is 0 Å². The van der Waals surface area contributed by atoms with E-state index in [2.05, 4.69) is 4.98 Å². The summed E-state index contributed by atoms with van der Waals surface area (Å²) in [5.74, 6) is -1.51. The second-order valence-corrected chi connectivity index (χ2v) is 6.48. The number of hydrogen-bond acceptors (Lipinski definition) is 3. The highest BCUT2D eigenvalue weighted by Crippen LogP contribution is 2.23. The topological polar surface area (TPSA) is 46.3 Å². The largest absolute Gasteiger partial charge is 0.441 e. The monoisotopic (exact) mass is 388 g/mol. The van der Waals surface area contributed by atoms with Crippen LogP contribution in [0, 0.1) is 17.5 Å². The van der Waals surface area contributed by atoms with Crippen molar-refractivity contribution in [2.45, 2.75) is 25.8 Å². The molecule has 146 valence electrons. The molecule has 0 fully saturated rings. The van der Waals surface area contributed by atoms with E-state index < -0.39 is 17.7 Å². The van der Waals surface area contributed by atoms with Crippen LogP contribution in [0.25, 0.3) is 11.3 Å². The molecule has 3 rings (SSSR count). The van der Waals surface area contributed by atoms with Crippen LogP contribution in [0.4, 0.5) is 13.2 Å². The van der Waals surface area contributed by atoms with E-state index >= 15 is 0 Å². The van der Waals surface area contributed by atoms with Crippen molar-refractivity contribution in [1.29, 1.82) is 0 Å². The zero-order valence-corrected chi connectivity index (χ0v) is 15.5. The molecule has 0 aliphatic heterocycles. The van der Waals surface area contributed by atoms with Crippen LogP contribution in [0.2, 0.25) is 0 Å². The summed E-state index contributed by atoms with van der Waals surface area (Å²) in [4.78, 5) is 18.1. The number of aromatic nitrogens is 1. The van der Waals surface area contributed by atoms with Crippen molar-refractivity contribution in [3.63, 3.8) is 0 Å². The Labute approximate surface area is 160 Å². The first-order chi connectivity index (χ1) is 13.3. The maximum Gasteiger partial charge on any atom is 0.223 e. The molecule has 0 spiro atoms. The molecular weight excluding hydrogens is 369 g/mol. The molecule has 4 nitrogen and oxygen atoms in total. The summed E-state index contributed by atoms with van der Waals surface area (Å²) < 4.78 is 45.1. The van der Waals surface area contributed by atoms with Gasteiger partial charge in [0.2, 0.25) is 5.91 Å². The zero-order valence-electron chi connectivity index (χ0n) is 15.5. The SMILES string of the molecule is CC(c1ccc(F)c(F)c1)N(C)C(=O)CCc1ncc(-c2ccc(F)cc2)o1. The molecule has 0 saturated carbocycles. The minimum absolute atomic E-state index is 0.147. The average molecular weight is 388 g/mol. The van der Waals surface area contributed by atoms with E-state index in [-0.39, 0.29) is 24.6 Å². The molecule has 1 heterocycles. The van der Waals surface area contributed by atoms with Crippen molar-refractivity contribution < 1.29 is 22.4 Å². The lowest BCUT2D eigenvalue weighted by Gasteiger charge is -2.25. The van der Waals surface area contributed by atoms with Crippen molar-refractivity contribution >= 4 is 5.91 Å². The first-order valence-corrected chi connectivity index (χ1v) is 8.76. The third-order valence-corrected chi connectivity index (χ3v) is 4.64. The fraction of sp³-hybridized carbons (Fsp3) is 0.238. The Morgan fingerprint density at radius 2 is 1.82 bits per heavy atom. The first kappa shape index (κ1) is 19.7. The van der Waals surface area contributed by atoms with Crippen molar-refractivity contribution in [3.05, 3.63) is 77.6 Å². The van der Waals surface area contributed by atoms with Crippen LogP contribution in [0.15, 0.2) is 53.1 Å². The molecule has 0 N–H and O–H groups in total. The number of oxazole rings is 1. The van der Waals surface area contributed by atoms with Crippen molar-refractivity contribution in [2.75, 3.05) is 7.05 Å². The number of nitrogens with zero attached hydrogens (tertiary/aromatic N) is 2. The van der Waals surface area contributed by atoms with Gasteiger partial charge in [0.15, 0.2) is 23.3 Å². The van der Waals surface area contributed by atoms with Gasteiger partial charge in [0, 0.05) is 25.5 Å². The molecule has 0 bridgehead atoms. The van der Waals surface area contributed by atoms with Crippen LogP contribution >= 0.6 is 0 Å². The predicted molar refractivity (Wildman–Crippen MR) is 97.8 cm³/mol. The van der Waals surface area contributed by atoms with Gasteiger partial charge in [-0.3, -0.25) is 4.79 Å². The van der Waals surface area contributed by atoms with Gasteiger partial charge in [0.05, 0.1) is 12.2 Å².